The van der Waals surface area contributed by atoms with Crippen molar-refractivity contribution in [2.45, 2.75) is 39.2 Å². The summed E-state index contributed by atoms with van der Waals surface area (Å²) in [5.41, 5.74) is 8.14. The average Bonchev–Trinajstić information content (AvgIpc) is 2.41. The average molecular weight is 289 g/mol. The highest BCUT2D eigenvalue weighted by Gasteiger charge is 2.26. The second kappa shape index (κ2) is 6.37. The second-order valence-electron chi connectivity index (χ2n) is 6.65. The maximum Gasteiger partial charge on any atom is 0.255 e. The number of hydrogen-bond acceptors (Lipinski definition) is 3. The number of anilines is 2. The number of benzene rings is 1. The highest BCUT2D eigenvalue weighted by Crippen LogP contribution is 2.32. The van der Waals surface area contributed by atoms with Crippen LogP contribution >= 0.6 is 0 Å². The number of nitrogens with zero attached hydrogens (tertiary/aromatic N) is 1. The Morgan fingerprint density at radius 2 is 2.00 bits per heavy atom. The van der Waals surface area contributed by atoms with Crippen LogP contribution in [-0.4, -0.2) is 30.9 Å². The third kappa shape index (κ3) is 3.69. The molecule has 1 amide bonds. The third-order valence-corrected chi connectivity index (χ3v) is 4.45. The van der Waals surface area contributed by atoms with Crippen molar-refractivity contribution >= 4 is 17.3 Å². The minimum absolute atomic E-state index is 0.00864. The molecule has 0 bridgehead atoms. The van der Waals surface area contributed by atoms with Crippen molar-refractivity contribution in [3.8, 4) is 0 Å². The first kappa shape index (κ1) is 15.7. The molecule has 0 radical (unpaired) electrons. The molecule has 3 N–H and O–H groups in total. The number of amides is 1. The lowest BCUT2D eigenvalue weighted by Gasteiger charge is -2.34. The Labute approximate surface area is 127 Å². The van der Waals surface area contributed by atoms with Crippen LogP contribution in [-0.2, 0) is 0 Å². The van der Waals surface area contributed by atoms with E-state index in [9.17, 15) is 4.79 Å². The van der Waals surface area contributed by atoms with Crippen LogP contribution in [0.2, 0.25) is 0 Å². The SMILES string of the molecule is CC1CCC(Nc2cc(N)ccc2C(=O)N(C)C)C(C)C1. The summed E-state index contributed by atoms with van der Waals surface area (Å²) in [6.45, 7) is 4.60. The smallest absolute Gasteiger partial charge is 0.255 e. The van der Waals surface area contributed by atoms with Crippen LogP contribution in [0.1, 0.15) is 43.5 Å². The van der Waals surface area contributed by atoms with Crippen LogP contribution in [0.5, 0.6) is 0 Å². The second-order valence-corrected chi connectivity index (χ2v) is 6.65. The predicted octanol–water partition coefficient (Wildman–Crippen LogP) is 3.21. The molecule has 1 fully saturated rings. The van der Waals surface area contributed by atoms with E-state index >= 15 is 0 Å². The lowest BCUT2D eigenvalue weighted by Crippen LogP contribution is -2.34. The van der Waals surface area contributed by atoms with E-state index in [1.807, 2.05) is 12.1 Å². The summed E-state index contributed by atoms with van der Waals surface area (Å²) in [4.78, 5) is 13.9. The van der Waals surface area contributed by atoms with Gasteiger partial charge in [0.1, 0.15) is 0 Å². The summed E-state index contributed by atoms with van der Waals surface area (Å²) in [7, 11) is 3.54. The van der Waals surface area contributed by atoms with Gasteiger partial charge < -0.3 is 16.0 Å². The van der Waals surface area contributed by atoms with Gasteiger partial charge in [-0.05, 0) is 49.3 Å². The minimum atomic E-state index is 0.00864. The van der Waals surface area contributed by atoms with Gasteiger partial charge in [0.15, 0.2) is 0 Å². The first-order valence-electron chi connectivity index (χ1n) is 7.76. The van der Waals surface area contributed by atoms with Crippen LogP contribution < -0.4 is 11.1 Å². The molecule has 0 saturated heterocycles. The number of rotatable bonds is 3. The van der Waals surface area contributed by atoms with E-state index in [0.29, 0.717) is 23.2 Å². The van der Waals surface area contributed by atoms with Crippen molar-refractivity contribution in [3.63, 3.8) is 0 Å². The zero-order valence-corrected chi connectivity index (χ0v) is 13.5. The number of nitrogen functional groups attached to an aromatic ring is 1. The fourth-order valence-electron chi connectivity index (χ4n) is 3.19. The summed E-state index contributed by atoms with van der Waals surface area (Å²) in [5.74, 6) is 1.41. The molecule has 1 aliphatic rings. The van der Waals surface area contributed by atoms with Crippen LogP contribution in [0.15, 0.2) is 18.2 Å². The summed E-state index contributed by atoms with van der Waals surface area (Å²) in [6.07, 6.45) is 3.62. The molecule has 4 nitrogen and oxygen atoms in total. The predicted molar refractivity (Wildman–Crippen MR) is 88.5 cm³/mol. The summed E-state index contributed by atoms with van der Waals surface area (Å²) >= 11 is 0. The zero-order valence-electron chi connectivity index (χ0n) is 13.5. The van der Waals surface area contributed by atoms with Crippen molar-refractivity contribution in [2.75, 3.05) is 25.1 Å². The Balaban J connectivity index is 2.22. The number of hydrogen-bond donors (Lipinski definition) is 2. The Morgan fingerprint density at radius 3 is 2.62 bits per heavy atom. The lowest BCUT2D eigenvalue weighted by molar-refractivity contribution is 0.0828. The van der Waals surface area contributed by atoms with Crippen molar-refractivity contribution in [3.05, 3.63) is 23.8 Å². The van der Waals surface area contributed by atoms with E-state index in [2.05, 4.69) is 19.2 Å². The molecule has 3 unspecified atom stereocenters. The van der Waals surface area contributed by atoms with Gasteiger partial charge in [-0.1, -0.05) is 13.8 Å². The van der Waals surface area contributed by atoms with Gasteiger partial charge in [-0.15, -0.1) is 0 Å². The number of nitrogens with two attached hydrogens (primary N) is 1. The molecule has 3 atom stereocenters. The van der Waals surface area contributed by atoms with E-state index in [0.717, 1.165) is 18.0 Å². The Bertz CT molecular complexity index is 513. The van der Waals surface area contributed by atoms with E-state index < -0.39 is 0 Å². The van der Waals surface area contributed by atoms with Gasteiger partial charge in [-0.2, -0.15) is 0 Å². The normalized spacial score (nSPS) is 25.4. The molecule has 21 heavy (non-hydrogen) atoms. The molecule has 116 valence electrons. The Morgan fingerprint density at radius 1 is 1.29 bits per heavy atom. The molecule has 1 aromatic rings. The standard InChI is InChI=1S/C17H27N3O/c1-11-5-8-15(12(2)9-11)19-16-10-13(18)6-7-14(16)17(21)20(3)4/h6-7,10-12,15,19H,5,8-9,18H2,1-4H3. The van der Waals surface area contributed by atoms with Gasteiger partial charge in [-0.25, -0.2) is 0 Å². The van der Waals surface area contributed by atoms with Crippen LogP contribution in [0.3, 0.4) is 0 Å². The van der Waals surface area contributed by atoms with E-state index in [1.165, 1.54) is 12.8 Å². The van der Waals surface area contributed by atoms with Crippen LogP contribution in [0.4, 0.5) is 11.4 Å². The van der Waals surface area contributed by atoms with E-state index in [4.69, 9.17) is 5.73 Å². The van der Waals surface area contributed by atoms with Gasteiger partial charge in [0.2, 0.25) is 0 Å². The number of carbonyl (C=O) groups is 1. The molecule has 0 aliphatic heterocycles. The Kier molecular flexibility index (Phi) is 4.76. The monoisotopic (exact) mass is 289 g/mol. The number of carbonyl (C=O) groups excluding carboxylic acids is 1. The summed E-state index contributed by atoms with van der Waals surface area (Å²) in [6, 6.07) is 5.89. The maximum atomic E-state index is 12.3. The third-order valence-electron chi connectivity index (χ3n) is 4.45. The Hall–Kier alpha value is -1.71. The largest absolute Gasteiger partial charge is 0.399 e. The number of nitrogens with one attached hydrogen (secondary N) is 1. The van der Waals surface area contributed by atoms with Gasteiger partial charge in [0.25, 0.3) is 5.91 Å². The molecule has 0 heterocycles. The molecular weight excluding hydrogens is 262 g/mol. The van der Waals surface area contributed by atoms with Gasteiger partial charge in [-0.3, -0.25) is 4.79 Å². The zero-order chi connectivity index (χ0) is 15.6. The minimum Gasteiger partial charge on any atom is -0.399 e. The molecular formula is C17H27N3O. The maximum absolute atomic E-state index is 12.3. The molecule has 2 rings (SSSR count). The summed E-state index contributed by atoms with van der Waals surface area (Å²) in [5, 5.41) is 3.57. The van der Waals surface area contributed by atoms with Crippen molar-refractivity contribution in [1.29, 1.82) is 0 Å². The van der Waals surface area contributed by atoms with Crippen molar-refractivity contribution in [1.82, 2.24) is 4.90 Å². The topological polar surface area (TPSA) is 58.4 Å². The van der Waals surface area contributed by atoms with Crippen molar-refractivity contribution < 1.29 is 4.79 Å². The van der Waals surface area contributed by atoms with Gasteiger partial charge >= 0.3 is 0 Å². The van der Waals surface area contributed by atoms with Gasteiger partial charge in [0.05, 0.1) is 5.56 Å². The first-order chi connectivity index (χ1) is 9.88. The van der Waals surface area contributed by atoms with Crippen LogP contribution in [0.25, 0.3) is 0 Å². The summed E-state index contributed by atoms with van der Waals surface area (Å²) < 4.78 is 0. The molecule has 0 aromatic heterocycles. The lowest BCUT2D eigenvalue weighted by atomic mass is 9.79. The first-order valence-corrected chi connectivity index (χ1v) is 7.76. The highest BCUT2D eigenvalue weighted by atomic mass is 16.2. The molecule has 0 spiro atoms. The van der Waals surface area contributed by atoms with Crippen molar-refractivity contribution in [2.24, 2.45) is 11.8 Å². The molecule has 1 aromatic carbocycles. The fourth-order valence-corrected chi connectivity index (χ4v) is 3.19. The quantitative estimate of drug-likeness (QED) is 0.840. The molecule has 1 saturated carbocycles. The van der Waals surface area contributed by atoms with Gasteiger partial charge in [0, 0.05) is 31.5 Å². The fraction of sp³-hybridized carbons (Fsp3) is 0.588. The molecule has 4 heteroatoms. The van der Waals surface area contributed by atoms with Crippen LogP contribution in [0, 0.1) is 11.8 Å². The van der Waals surface area contributed by atoms with E-state index in [-0.39, 0.29) is 5.91 Å². The highest BCUT2D eigenvalue weighted by molar-refractivity contribution is 6.00. The molecule has 1 aliphatic carbocycles. The van der Waals surface area contributed by atoms with E-state index in [1.54, 1.807) is 25.1 Å².